The van der Waals surface area contributed by atoms with E-state index in [1.807, 2.05) is 30.3 Å². The highest BCUT2D eigenvalue weighted by Crippen LogP contribution is 2.11. The summed E-state index contributed by atoms with van der Waals surface area (Å²) in [7, 11) is 0. The average Bonchev–Trinajstić information content (AvgIpc) is 2.38. The molecule has 1 amide bonds. The molecule has 1 fully saturated rings. The van der Waals surface area contributed by atoms with Crippen molar-refractivity contribution in [2.45, 2.75) is 6.61 Å². The number of ether oxygens (including phenoxy) is 1. The van der Waals surface area contributed by atoms with Crippen LogP contribution in [0.2, 0.25) is 0 Å². The highest BCUT2D eigenvalue weighted by atomic mass is 16.7. The number of carbonyl (C=O) groups excluding carboxylic acids is 1. The highest BCUT2D eigenvalue weighted by molar-refractivity contribution is 5.60. The van der Waals surface area contributed by atoms with Gasteiger partial charge in [-0.2, -0.15) is 4.79 Å². The summed E-state index contributed by atoms with van der Waals surface area (Å²) in [4.78, 5) is 11.7. The number of carbonyl (C=O) groups is 1. The van der Waals surface area contributed by atoms with Crippen molar-refractivity contribution in [3.05, 3.63) is 41.1 Å². The number of nitrogens with zero attached hydrogens (tertiary/aromatic N) is 1. The Labute approximate surface area is 100 Å². The summed E-state index contributed by atoms with van der Waals surface area (Å²) in [5, 5.41) is 15.1. The molecule has 0 atom stereocenters. The lowest BCUT2D eigenvalue weighted by Gasteiger charge is -2.40. The van der Waals surface area contributed by atoms with Crippen molar-refractivity contribution in [3.8, 4) is 0 Å². The SMILES string of the molecule is O=C(OCc1ccccc1)[N+]1([O-])CCNCC1. The van der Waals surface area contributed by atoms with Gasteiger partial charge in [0.1, 0.15) is 19.7 Å². The molecule has 0 aliphatic carbocycles. The second-order valence-corrected chi connectivity index (χ2v) is 4.13. The van der Waals surface area contributed by atoms with Gasteiger partial charge in [-0.3, -0.25) is 4.65 Å². The lowest BCUT2D eigenvalue weighted by Crippen LogP contribution is -2.58. The largest absolute Gasteiger partial charge is 0.622 e. The molecule has 0 spiro atoms. The fourth-order valence-corrected chi connectivity index (χ4v) is 1.78. The van der Waals surface area contributed by atoms with Crippen LogP contribution in [0.1, 0.15) is 5.56 Å². The van der Waals surface area contributed by atoms with Crippen LogP contribution in [-0.2, 0) is 11.3 Å². The Balaban J connectivity index is 1.88. The van der Waals surface area contributed by atoms with Gasteiger partial charge in [0.25, 0.3) is 0 Å². The first-order valence-corrected chi connectivity index (χ1v) is 5.71. The molecule has 1 aliphatic heterocycles. The van der Waals surface area contributed by atoms with Gasteiger partial charge in [0, 0.05) is 13.1 Å². The van der Waals surface area contributed by atoms with E-state index in [-0.39, 0.29) is 19.7 Å². The van der Waals surface area contributed by atoms with Crippen LogP contribution < -0.4 is 5.32 Å². The average molecular weight is 236 g/mol. The first-order valence-electron chi connectivity index (χ1n) is 5.71. The van der Waals surface area contributed by atoms with E-state index in [9.17, 15) is 10.0 Å². The molecule has 92 valence electrons. The third kappa shape index (κ3) is 3.03. The maximum atomic E-state index is 12.1. The van der Waals surface area contributed by atoms with E-state index in [1.165, 1.54) is 0 Å². The molecule has 1 heterocycles. The molecular weight excluding hydrogens is 220 g/mol. The zero-order chi connectivity index (χ0) is 12.1. The van der Waals surface area contributed by atoms with E-state index in [1.54, 1.807) is 0 Å². The fourth-order valence-electron chi connectivity index (χ4n) is 1.78. The van der Waals surface area contributed by atoms with Gasteiger partial charge in [-0.15, -0.1) is 0 Å². The van der Waals surface area contributed by atoms with Gasteiger partial charge in [0.2, 0.25) is 0 Å². The van der Waals surface area contributed by atoms with Gasteiger partial charge in [-0.05, 0) is 5.56 Å². The molecule has 17 heavy (non-hydrogen) atoms. The molecule has 1 aromatic rings. The molecule has 1 N–H and O–H groups in total. The second-order valence-electron chi connectivity index (χ2n) is 4.13. The van der Waals surface area contributed by atoms with Crippen molar-refractivity contribution >= 4 is 6.09 Å². The molecular formula is C12H16N2O3. The summed E-state index contributed by atoms with van der Waals surface area (Å²) in [6.07, 6.45) is -0.685. The number of hydroxylamine groups is 3. The Bertz CT molecular complexity index is 375. The van der Waals surface area contributed by atoms with Crippen LogP contribution in [0.3, 0.4) is 0 Å². The van der Waals surface area contributed by atoms with E-state index in [4.69, 9.17) is 4.74 Å². The van der Waals surface area contributed by atoms with Crippen LogP contribution in [0, 0.1) is 5.21 Å². The third-order valence-electron chi connectivity index (χ3n) is 2.84. The molecule has 0 unspecified atom stereocenters. The van der Waals surface area contributed by atoms with Crippen LogP contribution in [0.15, 0.2) is 30.3 Å². The predicted molar refractivity (Wildman–Crippen MR) is 62.9 cm³/mol. The zero-order valence-corrected chi connectivity index (χ0v) is 9.59. The lowest BCUT2D eigenvalue weighted by molar-refractivity contribution is -0.810. The van der Waals surface area contributed by atoms with Crippen molar-refractivity contribution in [3.63, 3.8) is 0 Å². The fraction of sp³-hybridized carbons (Fsp3) is 0.417. The normalized spacial score (nSPS) is 18.6. The van der Waals surface area contributed by atoms with Crippen molar-refractivity contribution in [1.82, 2.24) is 5.32 Å². The zero-order valence-electron chi connectivity index (χ0n) is 9.59. The monoisotopic (exact) mass is 236 g/mol. The van der Waals surface area contributed by atoms with Gasteiger partial charge in [0.15, 0.2) is 0 Å². The first-order chi connectivity index (χ1) is 8.21. The molecule has 0 saturated carbocycles. The van der Waals surface area contributed by atoms with Crippen molar-refractivity contribution in [2.24, 2.45) is 0 Å². The minimum absolute atomic E-state index is 0.162. The predicted octanol–water partition coefficient (Wildman–Crippen LogP) is 1.24. The summed E-state index contributed by atoms with van der Waals surface area (Å²) in [6.45, 7) is 1.77. The molecule has 0 bridgehead atoms. The van der Waals surface area contributed by atoms with Crippen molar-refractivity contribution < 1.29 is 14.2 Å². The van der Waals surface area contributed by atoms with Crippen molar-refractivity contribution in [2.75, 3.05) is 26.2 Å². The second kappa shape index (κ2) is 5.27. The maximum Gasteiger partial charge on any atom is 0.516 e. The molecule has 5 nitrogen and oxygen atoms in total. The van der Waals surface area contributed by atoms with Gasteiger partial charge in [0.05, 0.1) is 0 Å². The van der Waals surface area contributed by atoms with Gasteiger partial charge < -0.3 is 15.3 Å². The molecule has 1 saturated heterocycles. The number of hydrogen-bond donors (Lipinski definition) is 1. The Morgan fingerprint density at radius 3 is 2.59 bits per heavy atom. The first kappa shape index (κ1) is 12.0. The summed E-state index contributed by atoms with van der Waals surface area (Å²) in [5.74, 6) is 0. The van der Waals surface area contributed by atoms with E-state index in [0.717, 1.165) is 5.56 Å². The van der Waals surface area contributed by atoms with Crippen LogP contribution in [0.25, 0.3) is 0 Å². The topological polar surface area (TPSA) is 61.4 Å². The summed E-state index contributed by atoms with van der Waals surface area (Å²) in [6, 6.07) is 9.36. The van der Waals surface area contributed by atoms with E-state index < -0.39 is 10.7 Å². The Hall–Kier alpha value is -1.43. The molecule has 1 aliphatic rings. The Morgan fingerprint density at radius 2 is 1.94 bits per heavy atom. The van der Waals surface area contributed by atoms with Gasteiger partial charge in [-0.1, -0.05) is 30.3 Å². The van der Waals surface area contributed by atoms with Crippen molar-refractivity contribution in [1.29, 1.82) is 0 Å². The molecule has 0 radical (unpaired) electrons. The number of rotatable bonds is 2. The number of benzene rings is 1. The molecule has 1 aromatic carbocycles. The highest BCUT2D eigenvalue weighted by Gasteiger charge is 2.31. The quantitative estimate of drug-likeness (QED) is 0.620. The number of quaternary nitrogens is 1. The van der Waals surface area contributed by atoms with Gasteiger partial charge >= 0.3 is 6.09 Å². The smallest absolute Gasteiger partial charge is 0.516 e. The molecule has 2 rings (SSSR count). The summed E-state index contributed by atoms with van der Waals surface area (Å²) < 4.78 is 4.19. The lowest BCUT2D eigenvalue weighted by atomic mass is 10.2. The molecule has 5 heteroatoms. The minimum atomic E-state index is -0.875. The summed E-state index contributed by atoms with van der Waals surface area (Å²) >= 11 is 0. The van der Waals surface area contributed by atoms with E-state index in [2.05, 4.69) is 5.32 Å². The number of hydrogen-bond acceptors (Lipinski definition) is 4. The van der Waals surface area contributed by atoms with Crippen LogP contribution in [0.4, 0.5) is 4.79 Å². The number of nitrogens with one attached hydrogen (secondary N) is 1. The summed E-state index contributed by atoms with van der Waals surface area (Å²) in [5.41, 5.74) is 0.891. The number of piperazine rings is 1. The standard InChI is InChI=1S/C12H16N2O3/c15-12(14(16)8-6-13-7-9-14)17-10-11-4-2-1-3-5-11/h1-5,13H,6-10H2. The van der Waals surface area contributed by atoms with Crippen LogP contribution in [-0.4, -0.2) is 36.9 Å². The Morgan fingerprint density at radius 1 is 1.29 bits per heavy atom. The van der Waals surface area contributed by atoms with E-state index >= 15 is 0 Å². The van der Waals surface area contributed by atoms with E-state index in [0.29, 0.717) is 13.1 Å². The van der Waals surface area contributed by atoms with Crippen LogP contribution >= 0.6 is 0 Å². The van der Waals surface area contributed by atoms with Gasteiger partial charge in [-0.25, -0.2) is 0 Å². The maximum absolute atomic E-state index is 12.1. The van der Waals surface area contributed by atoms with Crippen LogP contribution in [0.5, 0.6) is 0 Å². The minimum Gasteiger partial charge on any atom is -0.622 e. The Kier molecular flexibility index (Phi) is 3.73. The number of amides is 1. The molecule has 0 aromatic heterocycles. The third-order valence-corrected chi connectivity index (χ3v) is 2.84.